The van der Waals surface area contributed by atoms with E-state index in [1.54, 1.807) is 24.3 Å². The molecule has 0 spiro atoms. The number of ether oxygens (including phenoxy) is 2. The first kappa shape index (κ1) is 19.1. The number of esters is 1. The van der Waals surface area contributed by atoms with Crippen molar-refractivity contribution in [3.8, 4) is 0 Å². The molecule has 0 saturated carbocycles. The van der Waals surface area contributed by atoms with Gasteiger partial charge in [0.25, 0.3) is 0 Å². The van der Waals surface area contributed by atoms with Crippen LogP contribution in [0.2, 0.25) is 5.02 Å². The van der Waals surface area contributed by atoms with Gasteiger partial charge in [0.1, 0.15) is 11.9 Å². The van der Waals surface area contributed by atoms with Crippen LogP contribution in [0.1, 0.15) is 11.1 Å². The first-order chi connectivity index (χ1) is 12.1. The summed E-state index contributed by atoms with van der Waals surface area (Å²) in [5.41, 5.74) is 1.75. The Balaban J connectivity index is 1.84. The first-order valence-corrected chi connectivity index (χ1v) is 8.79. The van der Waals surface area contributed by atoms with Gasteiger partial charge in [-0.25, -0.2) is 4.79 Å². The molecule has 2 aromatic carbocycles. The Morgan fingerprint density at radius 2 is 1.84 bits per heavy atom. The van der Waals surface area contributed by atoms with Crippen LogP contribution in [0.5, 0.6) is 0 Å². The molecule has 0 bridgehead atoms. The van der Waals surface area contributed by atoms with Gasteiger partial charge in [0.05, 0.1) is 7.11 Å². The third-order valence-corrected chi connectivity index (χ3v) is 4.43. The number of benzene rings is 2. The Hall–Kier alpha value is -2.18. The van der Waals surface area contributed by atoms with Crippen molar-refractivity contribution in [2.45, 2.75) is 18.3 Å². The van der Waals surface area contributed by atoms with E-state index in [2.05, 4.69) is 4.72 Å². The number of hydrogen-bond acceptors (Lipinski definition) is 5. The maximum Gasteiger partial charge on any atom is 0.417 e. The summed E-state index contributed by atoms with van der Waals surface area (Å²) in [6, 6.07) is 16.5. The molecule has 7 heteroatoms. The van der Waals surface area contributed by atoms with Gasteiger partial charge in [-0.3, -0.25) is 9.52 Å². The normalized spacial score (nSPS) is 11.4. The van der Waals surface area contributed by atoms with E-state index < -0.39 is 17.3 Å². The maximum atomic E-state index is 11.9. The number of halogens is 1. The van der Waals surface area contributed by atoms with Gasteiger partial charge in [-0.2, -0.15) is 0 Å². The fourth-order valence-electron chi connectivity index (χ4n) is 2.06. The van der Waals surface area contributed by atoms with E-state index in [1.165, 1.54) is 7.11 Å². The van der Waals surface area contributed by atoms with Gasteiger partial charge in [-0.05, 0) is 41.6 Å². The summed E-state index contributed by atoms with van der Waals surface area (Å²) in [6.07, 6.45) is -0.195. The van der Waals surface area contributed by atoms with Crippen molar-refractivity contribution >= 4 is 35.6 Å². The summed E-state index contributed by atoms with van der Waals surface area (Å²) in [5, 5.41) is 0.00983. The van der Waals surface area contributed by atoms with Crippen LogP contribution in [0.15, 0.2) is 54.6 Å². The molecule has 0 aliphatic rings. The molecule has 0 aliphatic carbocycles. The Morgan fingerprint density at radius 3 is 2.52 bits per heavy atom. The van der Waals surface area contributed by atoms with E-state index in [0.29, 0.717) is 11.4 Å². The van der Waals surface area contributed by atoms with Gasteiger partial charge in [0.15, 0.2) is 0 Å². The summed E-state index contributed by atoms with van der Waals surface area (Å²) in [7, 11) is 1.32. The zero-order valence-corrected chi connectivity index (χ0v) is 15.2. The number of rotatable bonds is 7. The van der Waals surface area contributed by atoms with Crippen LogP contribution >= 0.6 is 23.5 Å². The van der Waals surface area contributed by atoms with Crippen molar-refractivity contribution in [3.63, 3.8) is 0 Å². The van der Waals surface area contributed by atoms with Gasteiger partial charge in [0.2, 0.25) is 0 Å². The highest BCUT2D eigenvalue weighted by molar-refractivity contribution is 7.99. The Kier molecular flexibility index (Phi) is 7.63. The van der Waals surface area contributed by atoms with Crippen molar-refractivity contribution in [2.24, 2.45) is 0 Å². The highest BCUT2D eigenvalue weighted by Crippen LogP contribution is 2.16. The minimum atomic E-state index is -0.632. The van der Waals surface area contributed by atoms with E-state index >= 15 is 0 Å². The molecule has 0 radical (unpaired) electrons. The lowest BCUT2D eigenvalue weighted by atomic mass is 10.1. The summed E-state index contributed by atoms with van der Waals surface area (Å²) >= 11 is 6.85. The van der Waals surface area contributed by atoms with E-state index in [-0.39, 0.29) is 6.61 Å². The van der Waals surface area contributed by atoms with Gasteiger partial charge in [-0.1, -0.05) is 54.1 Å². The van der Waals surface area contributed by atoms with Gasteiger partial charge < -0.3 is 9.47 Å². The monoisotopic (exact) mass is 379 g/mol. The highest BCUT2D eigenvalue weighted by atomic mass is 35.5. The van der Waals surface area contributed by atoms with E-state index in [9.17, 15) is 9.59 Å². The van der Waals surface area contributed by atoms with Crippen LogP contribution in [0.4, 0.5) is 4.79 Å². The van der Waals surface area contributed by atoms with Crippen molar-refractivity contribution in [2.75, 3.05) is 7.11 Å². The topological polar surface area (TPSA) is 64.6 Å². The number of amides is 1. The van der Waals surface area contributed by atoms with E-state index in [1.807, 2.05) is 30.3 Å². The fourth-order valence-corrected chi connectivity index (χ4v) is 3.04. The Labute approximate surface area is 155 Å². The molecular formula is C18H18ClNO4S. The minimum absolute atomic E-state index is 0.0918. The van der Waals surface area contributed by atoms with Crippen molar-refractivity contribution in [3.05, 3.63) is 70.7 Å². The molecule has 0 fully saturated rings. The van der Waals surface area contributed by atoms with Crippen molar-refractivity contribution < 1.29 is 19.1 Å². The van der Waals surface area contributed by atoms with Crippen LogP contribution in [0.3, 0.4) is 0 Å². The fraction of sp³-hybridized carbons (Fsp3) is 0.222. The van der Waals surface area contributed by atoms with E-state index in [4.69, 9.17) is 21.1 Å². The zero-order valence-electron chi connectivity index (χ0n) is 13.6. The predicted molar refractivity (Wildman–Crippen MR) is 98.3 cm³/mol. The summed E-state index contributed by atoms with van der Waals surface area (Å²) in [4.78, 5) is 23.7. The number of hydrogen-bond donors (Lipinski definition) is 1. The third kappa shape index (κ3) is 6.68. The third-order valence-electron chi connectivity index (χ3n) is 3.27. The first-order valence-electron chi connectivity index (χ1n) is 7.53. The molecular weight excluding hydrogens is 362 g/mol. The van der Waals surface area contributed by atoms with Crippen LogP contribution < -0.4 is 4.72 Å². The summed E-state index contributed by atoms with van der Waals surface area (Å²) in [5.74, 6) is -0.413. The molecule has 5 nitrogen and oxygen atoms in total. The maximum absolute atomic E-state index is 11.9. The molecule has 0 heterocycles. The SMILES string of the molecule is COC(=O)[C@H](Cc1ccccc1)SNC(=O)OCc1cccc(Cl)c1. The second-order valence-corrected chi connectivity index (χ2v) is 6.57. The molecule has 1 amide bonds. The predicted octanol–water partition coefficient (Wildman–Crippen LogP) is 4.00. The molecule has 2 rings (SSSR count). The van der Waals surface area contributed by atoms with E-state index in [0.717, 1.165) is 23.1 Å². The second-order valence-electron chi connectivity index (χ2n) is 5.13. The second kappa shape index (κ2) is 9.96. The molecule has 0 aliphatic heterocycles. The lowest BCUT2D eigenvalue weighted by molar-refractivity contribution is -0.139. The van der Waals surface area contributed by atoms with Gasteiger partial charge in [-0.15, -0.1) is 0 Å². The Bertz CT molecular complexity index is 711. The zero-order chi connectivity index (χ0) is 18.1. The van der Waals surface area contributed by atoms with Crippen LogP contribution in [0, 0.1) is 0 Å². The lowest BCUT2D eigenvalue weighted by Crippen LogP contribution is -2.28. The molecule has 132 valence electrons. The number of carbonyl (C=O) groups excluding carboxylic acids is 2. The van der Waals surface area contributed by atoms with Gasteiger partial charge >= 0.3 is 12.1 Å². The molecule has 0 unspecified atom stereocenters. The molecule has 0 saturated heterocycles. The smallest absolute Gasteiger partial charge is 0.417 e. The van der Waals surface area contributed by atoms with Crippen LogP contribution in [0.25, 0.3) is 0 Å². The average Bonchev–Trinajstić information content (AvgIpc) is 2.63. The molecule has 2 aromatic rings. The lowest BCUT2D eigenvalue weighted by Gasteiger charge is -2.14. The largest absolute Gasteiger partial charge is 0.468 e. The standard InChI is InChI=1S/C18H18ClNO4S/c1-23-17(21)16(11-13-6-3-2-4-7-13)25-20-18(22)24-12-14-8-5-9-15(19)10-14/h2-10,16H,11-12H2,1H3,(H,20,22)/t16-/m0/s1. The highest BCUT2D eigenvalue weighted by Gasteiger charge is 2.22. The van der Waals surface area contributed by atoms with Crippen molar-refractivity contribution in [1.82, 2.24) is 4.72 Å². The minimum Gasteiger partial charge on any atom is -0.468 e. The molecule has 25 heavy (non-hydrogen) atoms. The number of methoxy groups -OCH3 is 1. The average molecular weight is 380 g/mol. The Morgan fingerprint density at radius 1 is 1.12 bits per heavy atom. The quantitative estimate of drug-likeness (QED) is 0.582. The summed E-state index contributed by atoms with van der Waals surface area (Å²) in [6.45, 7) is 0.0918. The summed E-state index contributed by atoms with van der Waals surface area (Å²) < 4.78 is 12.4. The number of carbonyl (C=O) groups is 2. The van der Waals surface area contributed by atoms with Crippen LogP contribution in [-0.2, 0) is 27.3 Å². The number of nitrogens with one attached hydrogen (secondary N) is 1. The van der Waals surface area contributed by atoms with Crippen molar-refractivity contribution in [1.29, 1.82) is 0 Å². The van der Waals surface area contributed by atoms with Crippen LogP contribution in [-0.4, -0.2) is 24.4 Å². The molecule has 1 atom stereocenters. The molecule has 0 aromatic heterocycles. The molecule has 1 N–H and O–H groups in total. The van der Waals surface area contributed by atoms with Gasteiger partial charge in [0, 0.05) is 5.02 Å².